The van der Waals surface area contributed by atoms with Crippen molar-refractivity contribution >= 4 is 17.4 Å². The lowest BCUT2D eigenvalue weighted by Crippen LogP contribution is -2.45. The van der Waals surface area contributed by atoms with E-state index in [4.69, 9.17) is 0 Å². The van der Waals surface area contributed by atoms with Crippen LogP contribution in [0.15, 0.2) is 36.9 Å². The van der Waals surface area contributed by atoms with Gasteiger partial charge in [-0.25, -0.2) is 4.98 Å². The van der Waals surface area contributed by atoms with Gasteiger partial charge in [0, 0.05) is 0 Å². The van der Waals surface area contributed by atoms with Gasteiger partial charge in [-0.05, 0) is 30.6 Å². The summed E-state index contributed by atoms with van der Waals surface area (Å²) in [7, 11) is 1.96. The van der Waals surface area contributed by atoms with Gasteiger partial charge in [0.25, 0.3) is 12.4 Å². The predicted molar refractivity (Wildman–Crippen MR) is 72.5 cm³/mol. The topological polar surface area (TPSA) is 71.3 Å². The number of rotatable bonds is 3. The largest absolute Gasteiger partial charge is 0.263 e. The van der Waals surface area contributed by atoms with E-state index in [1.54, 1.807) is 4.68 Å². The molecule has 0 atom stereocenters. The van der Waals surface area contributed by atoms with Gasteiger partial charge in [0.1, 0.15) is 18.6 Å². The highest BCUT2D eigenvalue weighted by Crippen LogP contribution is 2.18. The molecule has 0 unspecified atom stereocenters. The Labute approximate surface area is 119 Å². The Balaban J connectivity index is 1.77. The van der Waals surface area contributed by atoms with Crippen molar-refractivity contribution in [3.8, 4) is 10.7 Å². The second-order valence-electron chi connectivity index (χ2n) is 4.23. The van der Waals surface area contributed by atoms with Gasteiger partial charge < -0.3 is 0 Å². The number of anilines is 1. The van der Waals surface area contributed by atoms with E-state index in [1.165, 1.54) is 11.5 Å². The van der Waals surface area contributed by atoms with Gasteiger partial charge in [-0.3, -0.25) is 0 Å². The van der Waals surface area contributed by atoms with Gasteiger partial charge in [0.2, 0.25) is 18.2 Å². The van der Waals surface area contributed by atoms with E-state index in [9.17, 15) is 0 Å². The van der Waals surface area contributed by atoms with Gasteiger partial charge >= 0.3 is 0 Å². The molecule has 0 bridgehead atoms. The highest BCUT2D eigenvalue weighted by molar-refractivity contribution is 7.09. The fraction of sp³-hybridized carbons (Fsp3) is 0.167. The number of aromatic nitrogens is 6. The van der Waals surface area contributed by atoms with Crippen LogP contribution in [0, 0.1) is 6.92 Å². The molecule has 20 heavy (non-hydrogen) atoms. The molecular formula is C12H13N7S+2. The summed E-state index contributed by atoms with van der Waals surface area (Å²) in [5.74, 6) is 1.41. The second kappa shape index (κ2) is 5.25. The van der Waals surface area contributed by atoms with Crippen LogP contribution in [0.1, 0.15) is 5.82 Å². The lowest BCUT2D eigenvalue weighted by molar-refractivity contribution is -0.715. The summed E-state index contributed by atoms with van der Waals surface area (Å²) in [5.41, 5.74) is 3.84. The van der Waals surface area contributed by atoms with Crippen molar-refractivity contribution in [2.45, 2.75) is 6.92 Å². The SMILES string of the molecule is Cc1nsc(-c2ccc(N[n+]3cc[n+](C)cc3)nn2)n1. The van der Waals surface area contributed by atoms with Gasteiger partial charge in [-0.1, -0.05) is 4.68 Å². The molecule has 1 N–H and O–H groups in total. The number of hydrogen-bond acceptors (Lipinski definition) is 6. The van der Waals surface area contributed by atoms with Crippen LogP contribution in [0.2, 0.25) is 0 Å². The molecule has 0 radical (unpaired) electrons. The van der Waals surface area contributed by atoms with Gasteiger partial charge in [0.15, 0.2) is 5.01 Å². The summed E-state index contributed by atoms with van der Waals surface area (Å²) in [6, 6.07) is 3.73. The molecule has 0 aliphatic heterocycles. The Kier molecular flexibility index (Phi) is 3.30. The average molecular weight is 287 g/mol. The zero-order chi connectivity index (χ0) is 13.9. The lowest BCUT2D eigenvalue weighted by atomic mass is 10.4. The molecule has 3 aromatic rings. The summed E-state index contributed by atoms with van der Waals surface area (Å²) in [5, 5.41) is 9.06. The van der Waals surface area contributed by atoms with E-state index in [1.807, 2.05) is 55.5 Å². The van der Waals surface area contributed by atoms with Gasteiger partial charge in [0.05, 0.1) is 0 Å². The van der Waals surface area contributed by atoms with E-state index in [0.717, 1.165) is 16.5 Å². The van der Waals surface area contributed by atoms with Crippen molar-refractivity contribution in [2.24, 2.45) is 7.05 Å². The Bertz CT molecular complexity index is 705. The van der Waals surface area contributed by atoms with Crippen molar-refractivity contribution < 1.29 is 9.24 Å². The third kappa shape index (κ3) is 2.75. The van der Waals surface area contributed by atoms with Gasteiger partial charge in [-0.15, -0.1) is 15.6 Å². The smallest absolute Gasteiger partial charge is 0.218 e. The van der Waals surface area contributed by atoms with E-state index >= 15 is 0 Å². The monoisotopic (exact) mass is 287 g/mol. The molecule has 3 rings (SSSR count). The van der Waals surface area contributed by atoms with Crippen LogP contribution >= 0.6 is 11.5 Å². The maximum absolute atomic E-state index is 4.28. The minimum atomic E-state index is 0.661. The molecule has 0 aliphatic carbocycles. The fourth-order valence-corrected chi connectivity index (χ4v) is 2.20. The standard InChI is InChI=1S/C12H12N7S/c1-9-13-12(20-17-9)10-3-4-11(15-14-10)16-19-7-5-18(2)6-8-19/h3-8H,1-2H3/q+1/p+1. The first-order valence-corrected chi connectivity index (χ1v) is 6.76. The van der Waals surface area contributed by atoms with Crippen molar-refractivity contribution in [1.82, 2.24) is 19.6 Å². The third-order valence-corrected chi connectivity index (χ3v) is 3.41. The first-order chi connectivity index (χ1) is 9.70. The summed E-state index contributed by atoms with van der Waals surface area (Å²) < 4.78 is 7.89. The van der Waals surface area contributed by atoms with Crippen molar-refractivity contribution in [3.63, 3.8) is 0 Å². The zero-order valence-corrected chi connectivity index (χ0v) is 11.9. The quantitative estimate of drug-likeness (QED) is 0.701. The highest BCUT2D eigenvalue weighted by Gasteiger charge is 2.08. The Morgan fingerprint density at radius 1 is 1.10 bits per heavy atom. The third-order valence-electron chi connectivity index (χ3n) is 2.58. The molecule has 8 heteroatoms. The van der Waals surface area contributed by atoms with Crippen LogP contribution < -0.4 is 14.7 Å². The van der Waals surface area contributed by atoms with Crippen LogP contribution in [-0.2, 0) is 7.05 Å². The first kappa shape index (κ1) is 12.5. The average Bonchev–Trinajstić information content (AvgIpc) is 2.89. The molecule has 0 fully saturated rings. The normalized spacial score (nSPS) is 10.5. The number of aryl methyl sites for hydroxylation is 2. The Morgan fingerprint density at radius 3 is 2.50 bits per heavy atom. The molecule has 0 aromatic carbocycles. The highest BCUT2D eigenvalue weighted by atomic mass is 32.1. The lowest BCUT2D eigenvalue weighted by Gasteiger charge is -1.98. The summed E-state index contributed by atoms with van der Waals surface area (Å²) in [6.45, 7) is 1.86. The minimum Gasteiger partial charge on any atom is -0.218 e. The van der Waals surface area contributed by atoms with Crippen LogP contribution in [-0.4, -0.2) is 19.6 Å². The fourth-order valence-electron chi connectivity index (χ4n) is 1.57. The van der Waals surface area contributed by atoms with Gasteiger partial charge in [-0.2, -0.15) is 8.94 Å². The number of nitrogens with one attached hydrogen (secondary N) is 1. The summed E-state index contributed by atoms with van der Waals surface area (Å²) in [6.07, 6.45) is 7.64. The molecule has 0 saturated heterocycles. The number of hydrogen-bond donors (Lipinski definition) is 1. The maximum atomic E-state index is 4.28. The van der Waals surface area contributed by atoms with Crippen molar-refractivity contribution in [1.29, 1.82) is 0 Å². The zero-order valence-electron chi connectivity index (χ0n) is 11.1. The first-order valence-electron chi connectivity index (χ1n) is 5.99. The van der Waals surface area contributed by atoms with Crippen LogP contribution in [0.25, 0.3) is 10.7 Å². The maximum Gasteiger partial charge on any atom is 0.263 e. The Morgan fingerprint density at radius 2 is 1.90 bits per heavy atom. The van der Waals surface area contributed by atoms with E-state index in [-0.39, 0.29) is 0 Å². The van der Waals surface area contributed by atoms with E-state index < -0.39 is 0 Å². The molecule has 3 aromatic heterocycles. The predicted octanol–water partition coefficient (Wildman–Crippen LogP) is 0.291. The molecular weight excluding hydrogens is 274 g/mol. The van der Waals surface area contributed by atoms with Crippen molar-refractivity contribution in [3.05, 3.63) is 42.7 Å². The molecule has 0 saturated carbocycles. The molecule has 0 spiro atoms. The second-order valence-corrected chi connectivity index (χ2v) is 4.98. The van der Waals surface area contributed by atoms with E-state index in [2.05, 4.69) is 25.0 Å². The summed E-state index contributed by atoms with van der Waals surface area (Å²) >= 11 is 1.32. The van der Waals surface area contributed by atoms with E-state index in [0.29, 0.717) is 5.82 Å². The van der Waals surface area contributed by atoms with Crippen molar-refractivity contribution in [2.75, 3.05) is 5.43 Å². The van der Waals surface area contributed by atoms with Crippen LogP contribution in [0.4, 0.5) is 5.82 Å². The Hall–Kier alpha value is -2.48. The molecule has 7 nitrogen and oxygen atoms in total. The molecule has 0 aliphatic rings. The molecule has 100 valence electrons. The number of nitrogens with zero attached hydrogens (tertiary/aromatic N) is 6. The molecule has 0 amide bonds. The van der Waals surface area contributed by atoms with Crippen LogP contribution in [0.5, 0.6) is 0 Å². The minimum absolute atomic E-state index is 0.661. The van der Waals surface area contributed by atoms with Crippen LogP contribution in [0.3, 0.4) is 0 Å². The molecule has 3 heterocycles. The summed E-state index contributed by atoms with van der Waals surface area (Å²) in [4.78, 5) is 4.28.